The van der Waals surface area contributed by atoms with E-state index in [0.29, 0.717) is 11.8 Å². The van der Waals surface area contributed by atoms with Gasteiger partial charge < -0.3 is 9.84 Å². The number of nitrogens with zero attached hydrogens (tertiary/aromatic N) is 4. The van der Waals surface area contributed by atoms with Gasteiger partial charge in [0, 0.05) is 11.4 Å². The van der Waals surface area contributed by atoms with E-state index in [1.807, 2.05) is 22.0 Å². The fourth-order valence-electron chi connectivity index (χ4n) is 5.91. The molecule has 0 spiro atoms. The van der Waals surface area contributed by atoms with Crippen LogP contribution in [0.5, 0.6) is 0 Å². The molecule has 0 aliphatic heterocycles. The molecule has 3 heterocycles. The van der Waals surface area contributed by atoms with Crippen molar-refractivity contribution in [3.8, 4) is 11.4 Å². The summed E-state index contributed by atoms with van der Waals surface area (Å²) in [5.74, 6) is -0.0507. The largest absolute Gasteiger partial charge is 0.364 e. The quantitative estimate of drug-likeness (QED) is 0.168. The average molecular weight is 683 g/mol. The van der Waals surface area contributed by atoms with Gasteiger partial charge in [0.25, 0.3) is 10.0 Å². The lowest BCUT2D eigenvalue weighted by atomic mass is 9.68. The fourth-order valence-corrected chi connectivity index (χ4v) is 8.09. The zero-order valence-corrected chi connectivity index (χ0v) is 24.6. The number of halogens is 3. The molecule has 3 aromatic heterocycles. The first kappa shape index (κ1) is 26.9. The Hall–Kier alpha value is -2.28. The number of fused-ring (bicyclic) bond motifs is 4. The highest BCUT2D eigenvalue weighted by atomic mass is 127. The van der Waals surface area contributed by atoms with Gasteiger partial charge in [-0.05, 0) is 71.3 Å². The van der Waals surface area contributed by atoms with Crippen LogP contribution in [0.25, 0.3) is 22.4 Å². The molecule has 1 aromatic carbocycles. The Kier molecular flexibility index (Phi) is 7.55. The minimum atomic E-state index is -4.17. The van der Waals surface area contributed by atoms with E-state index in [1.54, 1.807) is 18.2 Å². The second-order valence-electron chi connectivity index (χ2n) is 9.95. The highest BCUT2D eigenvalue weighted by Crippen LogP contribution is 2.43. The molecule has 4 aromatic rings. The fraction of sp³-hybridized carbons (Fsp3) is 0.346. The van der Waals surface area contributed by atoms with E-state index in [0.717, 1.165) is 35.6 Å². The number of rotatable bonds is 8. The minimum absolute atomic E-state index is 0.0117. The third kappa shape index (κ3) is 5.05. The van der Waals surface area contributed by atoms with E-state index >= 15 is 0 Å². The molecule has 3 fully saturated rings. The number of nitrogens with one attached hydrogen (secondary N) is 1. The van der Waals surface area contributed by atoms with Gasteiger partial charge in [0.1, 0.15) is 5.82 Å². The Labute approximate surface area is 239 Å². The third-order valence-electron chi connectivity index (χ3n) is 7.71. The van der Waals surface area contributed by atoms with Gasteiger partial charge in [-0.2, -0.15) is 0 Å². The molecule has 3 aliphatic carbocycles. The molecule has 3 aliphatic rings. The molecule has 2 unspecified atom stereocenters. The van der Waals surface area contributed by atoms with Gasteiger partial charge in [0.15, 0.2) is 23.1 Å². The van der Waals surface area contributed by atoms with Crippen molar-refractivity contribution >= 4 is 55.4 Å². The van der Waals surface area contributed by atoms with E-state index in [-0.39, 0.29) is 57.9 Å². The third-order valence-corrected chi connectivity index (χ3v) is 10.6. The molecule has 2 bridgehead atoms. The maximum absolute atomic E-state index is 15.0. The van der Waals surface area contributed by atoms with Crippen molar-refractivity contribution in [1.82, 2.24) is 18.9 Å². The van der Waals surface area contributed by atoms with Gasteiger partial charge in [-0.25, -0.2) is 36.1 Å². The molecule has 8 nitrogen and oxygen atoms in total. The Morgan fingerprint density at radius 1 is 1.10 bits per heavy atom. The van der Waals surface area contributed by atoms with Gasteiger partial charge in [0.05, 0.1) is 41.6 Å². The van der Waals surface area contributed by atoms with Crippen LogP contribution in [0.2, 0.25) is 0 Å². The predicted molar refractivity (Wildman–Crippen MR) is 154 cm³/mol. The lowest BCUT2D eigenvalue weighted by Crippen LogP contribution is -2.40. The van der Waals surface area contributed by atoms with Crippen LogP contribution in [0.15, 0.2) is 53.7 Å². The standard InChI is InChI=1S/C26H25F2IN5O3PS/c27-17-11-19-23(25-30-13-20(28)24(33-25)32-21-10-15-6-8-16(21)9-7-15)22(14-37-38-29)34(26(19)31-12-17)39(35,36)18-4-2-1-3-5-18/h1-5,11-13,15-16,21,38H,6-10,14H2,(H,30,32,33). The zero-order chi connectivity index (χ0) is 27.1. The molecule has 1 N–H and O–H groups in total. The maximum atomic E-state index is 15.0. The summed E-state index contributed by atoms with van der Waals surface area (Å²) < 4.78 is 64.0. The number of benzene rings is 1. The summed E-state index contributed by atoms with van der Waals surface area (Å²) in [5, 5.41) is 3.50. The van der Waals surface area contributed by atoms with Crippen LogP contribution in [-0.4, -0.2) is 33.4 Å². The Bertz CT molecular complexity index is 1630. The number of anilines is 1. The van der Waals surface area contributed by atoms with Crippen LogP contribution in [0, 0.1) is 23.5 Å². The van der Waals surface area contributed by atoms with E-state index < -0.39 is 21.7 Å². The summed E-state index contributed by atoms with van der Waals surface area (Å²) in [4.78, 5) is 12.9. The number of hydrogen-bond acceptors (Lipinski definition) is 7. The second-order valence-corrected chi connectivity index (χ2v) is 13.5. The molecule has 204 valence electrons. The summed E-state index contributed by atoms with van der Waals surface area (Å²) >= 11 is 2.04. The minimum Gasteiger partial charge on any atom is -0.364 e. The van der Waals surface area contributed by atoms with Crippen LogP contribution < -0.4 is 5.32 Å². The first-order chi connectivity index (χ1) is 18.9. The van der Waals surface area contributed by atoms with Crippen LogP contribution >= 0.6 is 28.5 Å². The Balaban J connectivity index is 1.53. The zero-order valence-electron chi connectivity index (χ0n) is 20.6. The van der Waals surface area contributed by atoms with Crippen molar-refractivity contribution in [3.05, 3.63) is 66.1 Å². The topological polar surface area (TPSA) is 99.0 Å². The van der Waals surface area contributed by atoms with E-state index in [2.05, 4.69) is 20.3 Å². The van der Waals surface area contributed by atoms with Crippen LogP contribution in [0.3, 0.4) is 0 Å². The summed E-state index contributed by atoms with van der Waals surface area (Å²) in [5.41, 5.74) is 0.433. The molecule has 13 heteroatoms. The lowest BCUT2D eigenvalue weighted by Gasteiger charge is -2.42. The molecule has 0 radical (unpaired) electrons. The summed E-state index contributed by atoms with van der Waals surface area (Å²) in [6, 6.07) is 9.21. The van der Waals surface area contributed by atoms with Crippen LogP contribution in [0.4, 0.5) is 14.6 Å². The van der Waals surface area contributed by atoms with Gasteiger partial charge in [-0.15, -0.1) is 0 Å². The summed E-state index contributed by atoms with van der Waals surface area (Å²) in [7, 11) is -4.17. The smallest absolute Gasteiger partial charge is 0.269 e. The molecular formula is C26H25F2IN5O3PS. The molecule has 7 rings (SSSR count). The first-order valence-electron chi connectivity index (χ1n) is 12.6. The number of pyridine rings is 1. The summed E-state index contributed by atoms with van der Waals surface area (Å²) in [6.45, 7) is -0.106. The number of aromatic nitrogens is 4. The normalized spacial score (nSPS) is 21.3. The molecule has 39 heavy (non-hydrogen) atoms. The van der Waals surface area contributed by atoms with Gasteiger partial charge >= 0.3 is 0 Å². The van der Waals surface area contributed by atoms with Crippen LogP contribution in [-0.2, 0) is 21.2 Å². The average Bonchev–Trinajstić information content (AvgIpc) is 3.28. The molecule has 2 atom stereocenters. The monoisotopic (exact) mass is 683 g/mol. The van der Waals surface area contributed by atoms with E-state index in [9.17, 15) is 17.2 Å². The highest BCUT2D eigenvalue weighted by Gasteiger charge is 2.36. The number of hydrogen-bond donors (Lipinski definition) is 1. The van der Waals surface area contributed by atoms with E-state index in [4.69, 9.17) is 4.52 Å². The van der Waals surface area contributed by atoms with Gasteiger partial charge in [-0.3, -0.25) is 0 Å². The second kappa shape index (κ2) is 10.9. The van der Waals surface area contributed by atoms with Crippen molar-refractivity contribution in [1.29, 1.82) is 0 Å². The maximum Gasteiger partial charge on any atom is 0.269 e. The van der Waals surface area contributed by atoms with Gasteiger partial charge in [0.2, 0.25) is 0 Å². The SMILES string of the molecule is O=S(=O)(c1ccccc1)n1c(COPI)c(-c2ncc(F)c(NC3CC4CCC3CC4)n2)c2cc(F)cnc21. The van der Waals surface area contributed by atoms with E-state index in [1.165, 1.54) is 31.0 Å². The van der Waals surface area contributed by atoms with Crippen molar-refractivity contribution < 1.29 is 21.7 Å². The van der Waals surface area contributed by atoms with Crippen molar-refractivity contribution in [2.24, 2.45) is 11.8 Å². The molecule has 0 amide bonds. The van der Waals surface area contributed by atoms with Crippen molar-refractivity contribution in [2.75, 3.05) is 5.32 Å². The van der Waals surface area contributed by atoms with Crippen molar-refractivity contribution in [3.63, 3.8) is 0 Å². The first-order valence-corrected chi connectivity index (χ1v) is 18.1. The lowest BCUT2D eigenvalue weighted by molar-refractivity contribution is 0.157. The van der Waals surface area contributed by atoms with Gasteiger partial charge in [-0.1, -0.05) is 31.0 Å². The Morgan fingerprint density at radius 3 is 2.56 bits per heavy atom. The molecular weight excluding hydrogens is 658 g/mol. The molecule has 3 saturated carbocycles. The van der Waals surface area contributed by atoms with Crippen LogP contribution in [0.1, 0.15) is 37.8 Å². The summed E-state index contributed by atoms with van der Waals surface area (Å²) in [6.07, 6.45) is 7.61. The predicted octanol–water partition coefficient (Wildman–Crippen LogP) is 6.46. The molecule has 0 saturated heterocycles. The Morgan fingerprint density at radius 2 is 1.87 bits per heavy atom. The van der Waals surface area contributed by atoms with Crippen molar-refractivity contribution in [2.45, 2.75) is 49.6 Å². The highest BCUT2D eigenvalue weighted by molar-refractivity contribution is 14.2.